The fourth-order valence-corrected chi connectivity index (χ4v) is 4.14. The summed E-state index contributed by atoms with van der Waals surface area (Å²) < 4.78 is 11.2. The van der Waals surface area contributed by atoms with Crippen LogP contribution in [0.1, 0.15) is 11.1 Å². The largest absolute Gasteiger partial charge is 0.495 e. The van der Waals surface area contributed by atoms with Gasteiger partial charge in [-0.2, -0.15) is 0 Å². The molecule has 0 spiro atoms. The number of aryl methyl sites for hydroxylation is 1. The molecular weight excluding hydrogens is 460 g/mol. The number of hydrogen-bond donors (Lipinski definition) is 3. The number of amides is 1. The standard InChI is InChI=1S/C20H19BrN2O5S/c1-11-3-5-16(27-2)14(7-11)22-20-23-19(26)17(29-20)9-12-4-6-15(13(21)8-12)28-10-18(24)25/h3-9,20,22H,10H2,1-2H3,(H,23,26)(H,24,25)/b17-9-. The van der Waals surface area contributed by atoms with E-state index in [4.69, 9.17) is 14.6 Å². The van der Waals surface area contributed by atoms with Crippen LogP contribution in [0.25, 0.3) is 6.08 Å². The Morgan fingerprint density at radius 2 is 2.07 bits per heavy atom. The average Bonchev–Trinajstić information content (AvgIpc) is 3.00. The first-order valence-electron chi connectivity index (χ1n) is 8.60. The Kier molecular flexibility index (Phi) is 6.71. The van der Waals surface area contributed by atoms with Crippen molar-refractivity contribution >= 4 is 51.3 Å². The highest BCUT2D eigenvalue weighted by Gasteiger charge is 2.27. The number of ether oxygens (including phenoxy) is 2. The third-order valence-corrected chi connectivity index (χ3v) is 5.63. The molecule has 7 nitrogen and oxygen atoms in total. The zero-order chi connectivity index (χ0) is 21.0. The van der Waals surface area contributed by atoms with Crippen LogP contribution in [0, 0.1) is 6.92 Å². The molecule has 1 atom stereocenters. The van der Waals surface area contributed by atoms with E-state index in [9.17, 15) is 9.59 Å². The number of thioether (sulfide) groups is 1. The Morgan fingerprint density at radius 3 is 2.76 bits per heavy atom. The van der Waals surface area contributed by atoms with Gasteiger partial charge in [0, 0.05) is 0 Å². The highest BCUT2D eigenvalue weighted by Crippen LogP contribution is 2.34. The van der Waals surface area contributed by atoms with Crippen LogP contribution in [-0.4, -0.2) is 36.2 Å². The maximum atomic E-state index is 12.4. The van der Waals surface area contributed by atoms with Gasteiger partial charge < -0.3 is 25.2 Å². The fraction of sp³-hybridized carbons (Fsp3) is 0.200. The van der Waals surface area contributed by atoms with Gasteiger partial charge in [-0.25, -0.2) is 4.79 Å². The second-order valence-corrected chi connectivity index (χ2v) is 8.20. The van der Waals surface area contributed by atoms with Crippen LogP contribution >= 0.6 is 27.7 Å². The molecular formula is C20H19BrN2O5S. The van der Waals surface area contributed by atoms with Gasteiger partial charge in [0.05, 0.1) is 22.2 Å². The van der Waals surface area contributed by atoms with E-state index in [1.54, 1.807) is 31.4 Å². The number of methoxy groups -OCH3 is 1. The molecule has 152 valence electrons. The van der Waals surface area contributed by atoms with E-state index in [-0.39, 0.29) is 11.4 Å². The van der Waals surface area contributed by atoms with Gasteiger partial charge in [-0.1, -0.05) is 23.9 Å². The molecule has 2 aromatic carbocycles. The van der Waals surface area contributed by atoms with Crippen LogP contribution in [0.15, 0.2) is 45.8 Å². The van der Waals surface area contributed by atoms with Gasteiger partial charge in [-0.05, 0) is 64.3 Å². The summed E-state index contributed by atoms with van der Waals surface area (Å²) in [6.07, 6.45) is 1.76. The third-order valence-electron chi connectivity index (χ3n) is 3.98. The second-order valence-electron chi connectivity index (χ2n) is 6.20. The van der Waals surface area contributed by atoms with E-state index in [1.165, 1.54) is 11.8 Å². The van der Waals surface area contributed by atoms with Gasteiger partial charge in [0.25, 0.3) is 5.91 Å². The number of anilines is 1. The lowest BCUT2D eigenvalue weighted by Gasteiger charge is -2.16. The first kappa shape index (κ1) is 21.1. The van der Waals surface area contributed by atoms with Crippen LogP contribution in [0.3, 0.4) is 0 Å². The number of carboxylic acids is 1. The maximum Gasteiger partial charge on any atom is 0.341 e. The molecule has 9 heteroatoms. The molecule has 1 fully saturated rings. The zero-order valence-corrected chi connectivity index (χ0v) is 18.1. The lowest BCUT2D eigenvalue weighted by molar-refractivity contribution is -0.139. The van der Waals surface area contributed by atoms with Crippen molar-refractivity contribution in [2.45, 2.75) is 12.4 Å². The van der Waals surface area contributed by atoms with Crippen molar-refractivity contribution in [1.29, 1.82) is 0 Å². The first-order valence-corrected chi connectivity index (χ1v) is 10.3. The maximum absolute atomic E-state index is 12.4. The molecule has 0 bridgehead atoms. The predicted octanol–water partition coefficient (Wildman–Crippen LogP) is 3.83. The lowest BCUT2D eigenvalue weighted by Crippen LogP contribution is -2.31. The van der Waals surface area contributed by atoms with Crippen LogP contribution in [0.5, 0.6) is 11.5 Å². The van der Waals surface area contributed by atoms with Crippen LogP contribution in [-0.2, 0) is 9.59 Å². The number of hydrogen-bond acceptors (Lipinski definition) is 6. The Balaban J connectivity index is 1.72. The first-order chi connectivity index (χ1) is 13.9. The average molecular weight is 479 g/mol. The van der Waals surface area contributed by atoms with Gasteiger partial charge in [-0.15, -0.1) is 0 Å². The molecule has 1 amide bonds. The summed E-state index contributed by atoms with van der Waals surface area (Å²) in [5.74, 6) is -0.111. The van der Waals surface area contributed by atoms with Crippen molar-refractivity contribution in [3.05, 3.63) is 56.9 Å². The lowest BCUT2D eigenvalue weighted by atomic mass is 10.2. The summed E-state index contributed by atoms with van der Waals surface area (Å²) in [5.41, 5.74) is 2.33. The van der Waals surface area contributed by atoms with E-state index in [0.717, 1.165) is 16.8 Å². The van der Waals surface area contributed by atoms with Gasteiger partial charge in [0.1, 0.15) is 11.5 Å². The van der Waals surface area contributed by atoms with E-state index in [1.807, 2.05) is 25.1 Å². The molecule has 0 radical (unpaired) electrons. The van der Waals surface area contributed by atoms with Crippen LogP contribution in [0.2, 0.25) is 0 Å². The molecule has 1 heterocycles. The topological polar surface area (TPSA) is 96.9 Å². The molecule has 2 aromatic rings. The Morgan fingerprint density at radius 1 is 1.31 bits per heavy atom. The summed E-state index contributed by atoms with van der Waals surface area (Å²) in [4.78, 5) is 23.5. The molecule has 0 aliphatic carbocycles. The van der Waals surface area contributed by atoms with Crippen molar-refractivity contribution in [2.75, 3.05) is 19.0 Å². The minimum atomic E-state index is -1.05. The Bertz CT molecular complexity index is 979. The molecule has 0 saturated carbocycles. The van der Waals surface area contributed by atoms with Crippen molar-refractivity contribution in [2.24, 2.45) is 0 Å². The zero-order valence-electron chi connectivity index (χ0n) is 15.7. The molecule has 1 aliphatic heterocycles. The third kappa shape index (κ3) is 5.45. The van der Waals surface area contributed by atoms with Crippen LogP contribution < -0.4 is 20.1 Å². The summed E-state index contributed by atoms with van der Waals surface area (Å²) in [7, 11) is 1.60. The number of carbonyl (C=O) groups is 2. The fourth-order valence-electron chi connectivity index (χ4n) is 2.66. The number of nitrogens with one attached hydrogen (secondary N) is 2. The summed E-state index contributed by atoms with van der Waals surface area (Å²) in [6.45, 7) is 1.56. The van der Waals surface area contributed by atoms with Gasteiger partial charge in [-0.3, -0.25) is 4.79 Å². The number of benzene rings is 2. The summed E-state index contributed by atoms with van der Waals surface area (Å²) in [5, 5.41) is 14.9. The quantitative estimate of drug-likeness (QED) is 0.520. The van der Waals surface area contributed by atoms with E-state index >= 15 is 0 Å². The molecule has 1 aliphatic rings. The van der Waals surface area contributed by atoms with E-state index < -0.39 is 12.6 Å². The number of carboxylic acid groups (broad SMARTS) is 1. The number of halogens is 1. The summed E-state index contributed by atoms with van der Waals surface area (Å²) >= 11 is 4.73. The molecule has 29 heavy (non-hydrogen) atoms. The van der Waals surface area contributed by atoms with Gasteiger partial charge >= 0.3 is 5.97 Å². The second kappa shape index (κ2) is 9.23. The number of aliphatic carboxylic acids is 1. The van der Waals surface area contributed by atoms with E-state index in [2.05, 4.69) is 26.6 Å². The normalized spacial score (nSPS) is 17.1. The van der Waals surface area contributed by atoms with Crippen LogP contribution in [0.4, 0.5) is 5.69 Å². The van der Waals surface area contributed by atoms with Crippen molar-refractivity contribution < 1.29 is 24.2 Å². The molecule has 3 N–H and O–H groups in total. The molecule has 3 rings (SSSR count). The minimum Gasteiger partial charge on any atom is -0.495 e. The van der Waals surface area contributed by atoms with Gasteiger partial charge in [0.15, 0.2) is 12.1 Å². The molecule has 1 unspecified atom stereocenters. The predicted molar refractivity (Wildman–Crippen MR) is 116 cm³/mol. The monoisotopic (exact) mass is 478 g/mol. The Hall–Kier alpha value is -2.65. The highest BCUT2D eigenvalue weighted by atomic mass is 79.9. The highest BCUT2D eigenvalue weighted by molar-refractivity contribution is 9.10. The van der Waals surface area contributed by atoms with Gasteiger partial charge in [0.2, 0.25) is 0 Å². The number of rotatable bonds is 7. The van der Waals surface area contributed by atoms with E-state index in [0.29, 0.717) is 20.9 Å². The smallest absolute Gasteiger partial charge is 0.341 e. The SMILES string of the molecule is COc1ccc(C)cc1NC1NC(=O)/C(=C/c2ccc(OCC(=O)O)c(Br)c2)S1. The van der Waals surface area contributed by atoms with Crippen molar-refractivity contribution in [1.82, 2.24) is 5.32 Å². The molecule has 0 aromatic heterocycles. The minimum absolute atomic E-state index is 0.179. The molecule has 1 saturated heterocycles. The van der Waals surface area contributed by atoms with Crippen molar-refractivity contribution in [3.8, 4) is 11.5 Å². The Labute approximate surface area is 180 Å². The van der Waals surface area contributed by atoms with Crippen molar-refractivity contribution in [3.63, 3.8) is 0 Å². The summed E-state index contributed by atoms with van der Waals surface area (Å²) in [6, 6.07) is 11.0. The number of carbonyl (C=O) groups excluding carboxylic acids is 1.